The highest BCUT2D eigenvalue weighted by Gasteiger charge is 2.22. The van der Waals surface area contributed by atoms with Crippen molar-refractivity contribution in [3.05, 3.63) is 53.6 Å². The number of ether oxygens (including phenoxy) is 3. The van der Waals surface area contributed by atoms with Gasteiger partial charge in [-0.3, -0.25) is 0 Å². The molecule has 2 rings (SSSR count). The van der Waals surface area contributed by atoms with Crippen molar-refractivity contribution in [1.82, 2.24) is 0 Å². The summed E-state index contributed by atoms with van der Waals surface area (Å²) in [6.07, 6.45) is -0.891. The highest BCUT2D eigenvalue weighted by atomic mass is 16.5. The first kappa shape index (κ1) is 14.2. The molecule has 0 fully saturated rings. The Hall–Kier alpha value is -2.20. The summed E-state index contributed by atoms with van der Waals surface area (Å²) in [6, 6.07) is 12.7. The van der Waals surface area contributed by atoms with Gasteiger partial charge in [-0.05, 0) is 18.2 Å². The van der Waals surface area contributed by atoms with Crippen LogP contribution in [-0.2, 0) is 0 Å². The van der Waals surface area contributed by atoms with E-state index in [1.54, 1.807) is 39.5 Å². The average Bonchev–Trinajstić information content (AvgIpc) is 2.53. The van der Waals surface area contributed by atoms with Crippen molar-refractivity contribution in [3.63, 3.8) is 0 Å². The highest BCUT2D eigenvalue weighted by Crippen LogP contribution is 2.39. The Bertz CT molecular complexity index is 558. The predicted octanol–water partition coefficient (Wildman–Crippen LogP) is 2.79. The number of rotatable bonds is 5. The maximum Gasteiger partial charge on any atom is 0.128 e. The molecule has 0 aromatic heterocycles. The lowest BCUT2D eigenvalue weighted by Crippen LogP contribution is -2.06. The Morgan fingerprint density at radius 2 is 1.25 bits per heavy atom. The first-order chi connectivity index (χ1) is 9.72. The predicted molar refractivity (Wildman–Crippen MR) is 76.6 cm³/mol. The molecule has 0 bridgehead atoms. The molecule has 2 aromatic rings. The molecule has 2 aromatic carbocycles. The van der Waals surface area contributed by atoms with Crippen LogP contribution in [0.1, 0.15) is 17.2 Å². The zero-order chi connectivity index (χ0) is 14.5. The van der Waals surface area contributed by atoms with Crippen LogP contribution in [0, 0.1) is 0 Å². The van der Waals surface area contributed by atoms with Gasteiger partial charge < -0.3 is 19.3 Å². The number of aliphatic hydroxyl groups is 1. The van der Waals surface area contributed by atoms with Gasteiger partial charge in [0.25, 0.3) is 0 Å². The van der Waals surface area contributed by atoms with Crippen molar-refractivity contribution in [2.75, 3.05) is 21.3 Å². The Morgan fingerprint density at radius 1 is 0.750 bits per heavy atom. The van der Waals surface area contributed by atoms with E-state index in [-0.39, 0.29) is 0 Å². The number of hydrogen-bond donors (Lipinski definition) is 1. The SMILES string of the molecule is COc1ccccc1C(O)c1c(OC)cccc1OC. The first-order valence-corrected chi connectivity index (χ1v) is 6.24. The molecule has 4 heteroatoms. The van der Waals surface area contributed by atoms with E-state index in [4.69, 9.17) is 14.2 Å². The van der Waals surface area contributed by atoms with E-state index in [9.17, 15) is 5.11 Å². The van der Waals surface area contributed by atoms with Crippen LogP contribution >= 0.6 is 0 Å². The topological polar surface area (TPSA) is 47.9 Å². The molecular weight excluding hydrogens is 256 g/mol. The summed E-state index contributed by atoms with van der Waals surface area (Å²) in [5.74, 6) is 1.76. The zero-order valence-electron chi connectivity index (χ0n) is 11.8. The second kappa shape index (κ2) is 6.30. The maximum atomic E-state index is 10.7. The van der Waals surface area contributed by atoms with E-state index in [2.05, 4.69) is 0 Å². The molecule has 1 atom stereocenters. The lowest BCUT2D eigenvalue weighted by molar-refractivity contribution is 0.204. The fraction of sp³-hybridized carbons (Fsp3) is 0.250. The summed E-state index contributed by atoms with van der Waals surface area (Å²) in [5, 5.41) is 10.7. The lowest BCUT2D eigenvalue weighted by atomic mass is 9.99. The molecule has 1 unspecified atom stereocenters. The number of hydrogen-bond acceptors (Lipinski definition) is 4. The third-order valence-electron chi connectivity index (χ3n) is 3.17. The van der Waals surface area contributed by atoms with Crippen LogP contribution in [-0.4, -0.2) is 26.4 Å². The monoisotopic (exact) mass is 274 g/mol. The van der Waals surface area contributed by atoms with Gasteiger partial charge in [0.05, 0.1) is 26.9 Å². The van der Waals surface area contributed by atoms with Crippen molar-refractivity contribution in [2.45, 2.75) is 6.10 Å². The van der Waals surface area contributed by atoms with Gasteiger partial charge in [0, 0.05) is 5.56 Å². The third-order valence-corrected chi connectivity index (χ3v) is 3.17. The summed E-state index contributed by atoms with van der Waals surface area (Å²) in [6.45, 7) is 0. The Kier molecular flexibility index (Phi) is 4.48. The van der Waals surface area contributed by atoms with E-state index in [0.717, 1.165) is 0 Å². The van der Waals surface area contributed by atoms with Crippen molar-refractivity contribution in [1.29, 1.82) is 0 Å². The molecule has 0 aliphatic carbocycles. The summed E-state index contributed by atoms with van der Waals surface area (Å²) < 4.78 is 15.9. The quantitative estimate of drug-likeness (QED) is 0.910. The van der Waals surface area contributed by atoms with E-state index in [1.165, 1.54) is 0 Å². The molecule has 0 aliphatic heterocycles. The Morgan fingerprint density at radius 3 is 1.80 bits per heavy atom. The average molecular weight is 274 g/mol. The zero-order valence-corrected chi connectivity index (χ0v) is 11.8. The lowest BCUT2D eigenvalue weighted by Gasteiger charge is -2.20. The van der Waals surface area contributed by atoms with Crippen LogP contribution in [0.5, 0.6) is 17.2 Å². The minimum absolute atomic E-state index is 0.572. The summed E-state index contributed by atoms with van der Waals surface area (Å²) >= 11 is 0. The molecule has 0 saturated carbocycles. The first-order valence-electron chi connectivity index (χ1n) is 6.24. The molecule has 20 heavy (non-hydrogen) atoms. The number of methoxy groups -OCH3 is 3. The fourth-order valence-corrected chi connectivity index (χ4v) is 2.20. The van der Waals surface area contributed by atoms with Gasteiger partial charge in [-0.25, -0.2) is 0 Å². The molecule has 0 aliphatic rings. The van der Waals surface area contributed by atoms with E-state index in [1.807, 2.05) is 24.3 Å². The van der Waals surface area contributed by atoms with Crippen LogP contribution in [0.25, 0.3) is 0 Å². The fourth-order valence-electron chi connectivity index (χ4n) is 2.20. The Labute approximate surface area is 118 Å². The standard InChI is InChI=1S/C16H18O4/c1-18-12-8-5-4-7-11(12)16(17)15-13(19-2)9-6-10-14(15)20-3/h4-10,16-17H,1-3H3. The molecule has 0 saturated heterocycles. The van der Waals surface area contributed by atoms with Crippen molar-refractivity contribution < 1.29 is 19.3 Å². The largest absolute Gasteiger partial charge is 0.496 e. The van der Waals surface area contributed by atoms with Crippen LogP contribution in [0.4, 0.5) is 0 Å². The highest BCUT2D eigenvalue weighted by molar-refractivity contribution is 5.51. The molecule has 0 spiro atoms. The molecule has 106 valence electrons. The van der Waals surface area contributed by atoms with Gasteiger partial charge in [-0.15, -0.1) is 0 Å². The van der Waals surface area contributed by atoms with Crippen LogP contribution < -0.4 is 14.2 Å². The third kappa shape index (κ3) is 2.56. The molecule has 1 N–H and O–H groups in total. The van der Waals surface area contributed by atoms with Gasteiger partial charge in [0.15, 0.2) is 0 Å². The minimum atomic E-state index is -0.891. The number of benzene rings is 2. The smallest absolute Gasteiger partial charge is 0.128 e. The molecular formula is C16H18O4. The van der Waals surface area contributed by atoms with Crippen LogP contribution in [0.3, 0.4) is 0 Å². The Balaban J connectivity index is 2.55. The van der Waals surface area contributed by atoms with E-state index >= 15 is 0 Å². The van der Waals surface area contributed by atoms with Crippen LogP contribution in [0.2, 0.25) is 0 Å². The summed E-state index contributed by atoms with van der Waals surface area (Å²) in [4.78, 5) is 0. The maximum absolute atomic E-state index is 10.7. The van der Waals surface area contributed by atoms with Gasteiger partial charge in [-0.2, -0.15) is 0 Å². The van der Waals surface area contributed by atoms with Gasteiger partial charge in [0.1, 0.15) is 23.4 Å². The minimum Gasteiger partial charge on any atom is -0.496 e. The molecule has 0 heterocycles. The molecule has 0 amide bonds. The van der Waals surface area contributed by atoms with Crippen LogP contribution in [0.15, 0.2) is 42.5 Å². The van der Waals surface area contributed by atoms with Crippen molar-refractivity contribution in [3.8, 4) is 17.2 Å². The van der Waals surface area contributed by atoms with Gasteiger partial charge in [-0.1, -0.05) is 24.3 Å². The number of para-hydroxylation sites is 1. The van der Waals surface area contributed by atoms with Crippen molar-refractivity contribution >= 4 is 0 Å². The second-order valence-electron chi connectivity index (χ2n) is 4.22. The van der Waals surface area contributed by atoms with Gasteiger partial charge in [0.2, 0.25) is 0 Å². The summed E-state index contributed by atoms with van der Waals surface area (Å²) in [7, 11) is 4.70. The molecule has 4 nitrogen and oxygen atoms in total. The van der Waals surface area contributed by atoms with E-state index < -0.39 is 6.10 Å². The summed E-state index contributed by atoms with van der Waals surface area (Å²) in [5.41, 5.74) is 1.25. The second-order valence-corrected chi connectivity index (χ2v) is 4.22. The van der Waals surface area contributed by atoms with E-state index in [0.29, 0.717) is 28.4 Å². The normalized spacial score (nSPS) is 11.8. The van der Waals surface area contributed by atoms with Crippen molar-refractivity contribution in [2.24, 2.45) is 0 Å². The number of aliphatic hydroxyl groups excluding tert-OH is 1. The molecule has 0 radical (unpaired) electrons. The van der Waals surface area contributed by atoms with Gasteiger partial charge >= 0.3 is 0 Å².